The molecule has 0 aliphatic carbocycles. The molecule has 1 aliphatic rings. The van der Waals surface area contributed by atoms with Crippen LogP contribution in [0.5, 0.6) is 0 Å². The van der Waals surface area contributed by atoms with Crippen LogP contribution in [-0.2, 0) is 4.79 Å². The highest BCUT2D eigenvalue weighted by molar-refractivity contribution is 5.93. The molecule has 1 aromatic heterocycles. The van der Waals surface area contributed by atoms with Gasteiger partial charge in [-0.05, 0) is 19.1 Å². The topological polar surface area (TPSA) is 70.5 Å². The number of aromatic nitrogens is 1. The van der Waals surface area contributed by atoms with Gasteiger partial charge in [0.25, 0.3) is 5.91 Å². The number of hydrogen-bond donors (Lipinski definition) is 1. The standard InChI is InChI=1S/C11H12N2O3/c1-7-3-2-4-9(12-7)10(14)13-5-8(6-13)11(15)16/h2-4,8H,5-6H2,1H3,(H,15,16). The molecule has 2 rings (SSSR count). The van der Waals surface area contributed by atoms with E-state index in [9.17, 15) is 9.59 Å². The summed E-state index contributed by atoms with van der Waals surface area (Å²) in [4.78, 5) is 28.0. The second-order valence-corrected chi connectivity index (χ2v) is 3.91. The van der Waals surface area contributed by atoms with E-state index in [1.54, 1.807) is 12.1 Å². The second-order valence-electron chi connectivity index (χ2n) is 3.91. The van der Waals surface area contributed by atoms with Gasteiger partial charge in [0, 0.05) is 18.8 Å². The summed E-state index contributed by atoms with van der Waals surface area (Å²) in [5.41, 5.74) is 1.16. The van der Waals surface area contributed by atoms with Crippen LogP contribution in [0.3, 0.4) is 0 Å². The number of carboxylic acid groups (broad SMARTS) is 1. The van der Waals surface area contributed by atoms with Crippen molar-refractivity contribution in [3.63, 3.8) is 0 Å². The molecule has 1 amide bonds. The minimum Gasteiger partial charge on any atom is -0.481 e. The molecule has 84 valence electrons. The lowest BCUT2D eigenvalue weighted by Crippen LogP contribution is -2.53. The normalized spacial score (nSPS) is 15.7. The Kier molecular flexibility index (Phi) is 2.60. The van der Waals surface area contributed by atoms with Crippen molar-refractivity contribution < 1.29 is 14.7 Å². The lowest BCUT2D eigenvalue weighted by molar-refractivity contribution is -0.146. The van der Waals surface area contributed by atoms with Crippen LogP contribution in [-0.4, -0.2) is 40.0 Å². The summed E-state index contributed by atoms with van der Waals surface area (Å²) in [5.74, 6) is -1.46. The number of hydrogen-bond acceptors (Lipinski definition) is 3. The summed E-state index contributed by atoms with van der Waals surface area (Å²) in [7, 11) is 0. The predicted molar refractivity (Wildman–Crippen MR) is 56.0 cm³/mol. The van der Waals surface area contributed by atoms with Crippen molar-refractivity contribution in [1.82, 2.24) is 9.88 Å². The molecule has 5 heteroatoms. The summed E-state index contributed by atoms with van der Waals surface area (Å²) in [6.45, 7) is 2.38. The van der Waals surface area contributed by atoms with E-state index in [1.165, 1.54) is 4.90 Å². The Morgan fingerprint density at radius 1 is 1.44 bits per heavy atom. The van der Waals surface area contributed by atoms with E-state index in [2.05, 4.69) is 4.98 Å². The zero-order chi connectivity index (χ0) is 11.7. The summed E-state index contributed by atoms with van der Waals surface area (Å²) >= 11 is 0. The average molecular weight is 220 g/mol. The number of rotatable bonds is 2. The Balaban J connectivity index is 2.03. The SMILES string of the molecule is Cc1cccc(C(=O)N2CC(C(=O)O)C2)n1. The van der Waals surface area contributed by atoms with Crippen LogP contribution in [0, 0.1) is 12.8 Å². The van der Waals surface area contributed by atoms with E-state index in [1.807, 2.05) is 13.0 Å². The highest BCUT2D eigenvalue weighted by Crippen LogP contribution is 2.18. The third-order valence-electron chi connectivity index (χ3n) is 2.63. The largest absolute Gasteiger partial charge is 0.481 e. The molecule has 0 bridgehead atoms. The van der Waals surface area contributed by atoms with Crippen LogP contribution < -0.4 is 0 Å². The smallest absolute Gasteiger partial charge is 0.310 e. The van der Waals surface area contributed by atoms with Gasteiger partial charge in [-0.25, -0.2) is 4.98 Å². The maximum Gasteiger partial charge on any atom is 0.310 e. The monoisotopic (exact) mass is 220 g/mol. The predicted octanol–water partition coefficient (Wildman–Crippen LogP) is 0.547. The van der Waals surface area contributed by atoms with Crippen LogP contribution in [0.1, 0.15) is 16.2 Å². The van der Waals surface area contributed by atoms with E-state index in [-0.39, 0.29) is 19.0 Å². The molecule has 1 aliphatic heterocycles. The molecule has 0 saturated carbocycles. The Hall–Kier alpha value is -1.91. The van der Waals surface area contributed by atoms with Gasteiger partial charge in [-0.2, -0.15) is 0 Å². The molecule has 0 atom stereocenters. The number of likely N-dealkylation sites (tertiary alicyclic amines) is 1. The molecule has 2 heterocycles. The Morgan fingerprint density at radius 3 is 2.69 bits per heavy atom. The number of aliphatic carboxylic acids is 1. The maximum absolute atomic E-state index is 11.8. The molecule has 1 aromatic rings. The van der Waals surface area contributed by atoms with Gasteiger partial charge in [0.05, 0.1) is 5.92 Å². The summed E-state index contributed by atoms with van der Waals surface area (Å²) < 4.78 is 0. The Bertz CT molecular complexity index is 439. The van der Waals surface area contributed by atoms with Crippen molar-refractivity contribution in [2.75, 3.05) is 13.1 Å². The number of amides is 1. The molecular weight excluding hydrogens is 208 g/mol. The van der Waals surface area contributed by atoms with E-state index in [0.29, 0.717) is 5.69 Å². The number of carbonyl (C=O) groups excluding carboxylic acids is 1. The van der Waals surface area contributed by atoms with Gasteiger partial charge < -0.3 is 10.0 Å². The first-order valence-corrected chi connectivity index (χ1v) is 5.03. The fourth-order valence-electron chi connectivity index (χ4n) is 1.62. The maximum atomic E-state index is 11.8. The summed E-state index contributed by atoms with van der Waals surface area (Å²) in [6, 6.07) is 5.22. The van der Waals surface area contributed by atoms with Crippen LogP contribution in [0.25, 0.3) is 0 Å². The minimum atomic E-state index is -0.846. The van der Waals surface area contributed by atoms with Crippen LogP contribution in [0.4, 0.5) is 0 Å². The number of aryl methyl sites for hydroxylation is 1. The minimum absolute atomic E-state index is 0.193. The number of nitrogens with zero attached hydrogens (tertiary/aromatic N) is 2. The molecule has 0 aromatic carbocycles. The van der Waals surface area contributed by atoms with E-state index >= 15 is 0 Å². The first-order valence-electron chi connectivity index (χ1n) is 5.03. The summed E-state index contributed by atoms with van der Waals surface area (Å²) in [5, 5.41) is 8.69. The molecule has 1 N–H and O–H groups in total. The first kappa shape index (κ1) is 10.6. The molecule has 16 heavy (non-hydrogen) atoms. The fraction of sp³-hybridized carbons (Fsp3) is 0.364. The van der Waals surface area contributed by atoms with Gasteiger partial charge in [-0.3, -0.25) is 9.59 Å². The third-order valence-corrected chi connectivity index (χ3v) is 2.63. The number of carboxylic acids is 1. The van der Waals surface area contributed by atoms with Gasteiger partial charge in [0.1, 0.15) is 5.69 Å². The molecule has 5 nitrogen and oxygen atoms in total. The second kappa shape index (κ2) is 3.92. The van der Waals surface area contributed by atoms with Crippen molar-refractivity contribution >= 4 is 11.9 Å². The molecule has 1 fully saturated rings. The average Bonchev–Trinajstić information content (AvgIpc) is 2.14. The third kappa shape index (κ3) is 1.88. The van der Waals surface area contributed by atoms with Crippen LogP contribution >= 0.6 is 0 Å². The zero-order valence-corrected chi connectivity index (χ0v) is 8.88. The van der Waals surface area contributed by atoms with Gasteiger partial charge >= 0.3 is 5.97 Å². The Labute approximate surface area is 92.7 Å². The summed E-state index contributed by atoms with van der Waals surface area (Å²) in [6.07, 6.45) is 0. The van der Waals surface area contributed by atoms with E-state index in [4.69, 9.17) is 5.11 Å². The van der Waals surface area contributed by atoms with E-state index in [0.717, 1.165) is 5.69 Å². The lowest BCUT2D eigenvalue weighted by Gasteiger charge is -2.36. The van der Waals surface area contributed by atoms with Crippen molar-refractivity contribution in [3.8, 4) is 0 Å². The fourth-order valence-corrected chi connectivity index (χ4v) is 1.62. The highest BCUT2D eigenvalue weighted by atomic mass is 16.4. The van der Waals surface area contributed by atoms with E-state index < -0.39 is 11.9 Å². The molecule has 0 radical (unpaired) electrons. The zero-order valence-electron chi connectivity index (χ0n) is 8.88. The van der Waals surface area contributed by atoms with Gasteiger partial charge in [0.15, 0.2) is 0 Å². The van der Waals surface area contributed by atoms with Gasteiger partial charge in [0.2, 0.25) is 0 Å². The van der Waals surface area contributed by atoms with Crippen LogP contribution in [0.2, 0.25) is 0 Å². The lowest BCUT2D eigenvalue weighted by atomic mass is 10.00. The van der Waals surface area contributed by atoms with Gasteiger partial charge in [-0.15, -0.1) is 0 Å². The molecule has 0 unspecified atom stereocenters. The number of pyridine rings is 1. The molecule has 1 saturated heterocycles. The van der Waals surface area contributed by atoms with Crippen molar-refractivity contribution in [1.29, 1.82) is 0 Å². The van der Waals surface area contributed by atoms with Crippen LogP contribution in [0.15, 0.2) is 18.2 Å². The molecular formula is C11H12N2O3. The van der Waals surface area contributed by atoms with Crippen molar-refractivity contribution in [2.45, 2.75) is 6.92 Å². The highest BCUT2D eigenvalue weighted by Gasteiger charge is 2.36. The van der Waals surface area contributed by atoms with Crippen molar-refractivity contribution in [3.05, 3.63) is 29.6 Å². The van der Waals surface area contributed by atoms with Crippen molar-refractivity contribution in [2.24, 2.45) is 5.92 Å². The molecule has 0 spiro atoms. The first-order chi connectivity index (χ1) is 7.58. The van der Waals surface area contributed by atoms with Gasteiger partial charge in [-0.1, -0.05) is 6.07 Å². The Morgan fingerprint density at radius 2 is 2.12 bits per heavy atom. The number of carbonyl (C=O) groups is 2. The quantitative estimate of drug-likeness (QED) is 0.790.